The molecule has 0 N–H and O–H groups in total. The minimum absolute atomic E-state index is 0.484. The predicted octanol–water partition coefficient (Wildman–Crippen LogP) is 4.65. The molecule has 1 fully saturated rings. The Hall–Kier alpha value is -0.510. The van der Waals surface area contributed by atoms with E-state index in [1.165, 1.54) is 5.57 Å². The van der Waals surface area contributed by atoms with Crippen molar-refractivity contribution in [3.05, 3.63) is 41.7 Å². The van der Waals surface area contributed by atoms with Crippen molar-refractivity contribution >= 4 is 23.7 Å². The molecular weight excluding hydrogens is 310 g/mol. The molecule has 2 aliphatic rings. The highest BCUT2D eigenvalue weighted by Gasteiger charge is 2.48. The lowest BCUT2D eigenvalue weighted by Crippen LogP contribution is -2.64. The molecule has 132 valence electrons. The topological polar surface area (TPSA) is 6.48 Å². The van der Waals surface area contributed by atoms with Crippen LogP contribution in [0.25, 0.3) is 0 Å². The van der Waals surface area contributed by atoms with Crippen LogP contribution in [0.5, 0.6) is 0 Å². The van der Waals surface area contributed by atoms with Crippen molar-refractivity contribution < 1.29 is 0 Å². The molecule has 2 rings (SSSR count). The van der Waals surface area contributed by atoms with Gasteiger partial charge < -0.3 is 9.62 Å². The molecule has 0 spiro atoms. The SMILES string of the molecule is CC(C)N(B1SB(N(C(C)C)C(C)C)C1=C1C=CC=C[CH-]1)C(C)C. The molecule has 1 aliphatic carbocycles. The summed E-state index contributed by atoms with van der Waals surface area (Å²) in [5.41, 5.74) is 1.41. The standard InChI is InChI=1S/C19H33B2N2S/c1-14(2)22(15(3)4)20-19(18-12-10-9-11-13-18)21(24-20)23(16(5)6)17(7)8/h9-17H,1-8H3/q-1. The molecule has 0 atom stereocenters. The average molecular weight is 343 g/mol. The monoisotopic (exact) mass is 343 g/mol. The molecule has 0 unspecified atom stereocenters. The van der Waals surface area contributed by atoms with Gasteiger partial charge in [0.05, 0.1) is 0 Å². The fourth-order valence-electron chi connectivity index (χ4n) is 3.97. The zero-order chi connectivity index (χ0) is 18.0. The molecule has 5 heteroatoms. The van der Waals surface area contributed by atoms with Crippen LogP contribution in [0.15, 0.2) is 35.2 Å². The van der Waals surface area contributed by atoms with Crippen LogP contribution in [0.1, 0.15) is 55.4 Å². The van der Waals surface area contributed by atoms with Gasteiger partial charge in [0.25, 0.3) is 12.3 Å². The predicted molar refractivity (Wildman–Crippen MR) is 113 cm³/mol. The van der Waals surface area contributed by atoms with E-state index >= 15 is 0 Å². The van der Waals surface area contributed by atoms with E-state index in [2.05, 4.69) is 107 Å². The normalized spacial score (nSPS) is 18.1. The van der Waals surface area contributed by atoms with E-state index < -0.39 is 0 Å². The van der Waals surface area contributed by atoms with E-state index in [1.807, 2.05) is 0 Å². The van der Waals surface area contributed by atoms with Gasteiger partial charge in [-0.15, -0.1) is 36.1 Å². The van der Waals surface area contributed by atoms with Crippen molar-refractivity contribution in [1.29, 1.82) is 0 Å². The number of hydrogen-bond donors (Lipinski definition) is 0. The first kappa shape index (κ1) is 19.8. The van der Waals surface area contributed by atoms with Crippen LogP contribution >= 0.6 is 11.5 Å². The largest absolute Gasteiger partial charge is 0.334 e. The van der Waals surface area contributed by atoms with Gasteiger partial charge in [0.1, 0.15) is 0 Å². The Balaban J connectivity index is 2.39. The molecule has 0 aromatic carbocycles. The van der Waals surface area contributed by atoms with Crippen LogP contribution in [-0.4, -0.2) is 46.0 Å². The molecule has 0 aromatic heterocycles. The van der Waals surface area contributed by atoms with Crippen LogP contribution < -0.4 is 0 Å². The third-order valence-electron chi connectivity index (χ3n) is 4.82. The molecule has 1 saturated heterocycles. The summed E-state index contributed by atoms with van der Waals surface area (Å²) in [6, 6.07) is 2.20. The summed E-state index contributed by atoms with van der Waals surface area (Å²) in [5, 5.41) is 1.59. The number of hydrogen-bond acceptors (Lipinski definition) is 3. The first-order valence-corrected chi connectivity index (χ1v) is 10.3. The Morgan fingerprint density at radius 3 is 1.58 bits per heavy atom. The lowest BCUT2D eigenvalue weighted by Gasteiger charge is -2.54. The Morgan fingerprint density at radius 2 is 1.25 bits per heavy atom. The summed E-state index contributed by atoms with van der Waals surface area (Å²) in [5.74, 6) is 0. The summed E-state index contributed by atoms with van der Waals surface area (Å²) in [4.78, 5) is 5.31. The Morgan fingerprint density at radius 1 is 0.792 bits per heavy atom. The molecule has 1 aliphatic heterocycles. The molecule has 0 bridgehead atoms. The highest BCUT2D eigenvalue weighted by molar-refractivity contribution is 8.51. The van der Waals surface area contributed by atoms with Crippen molar-refractivity contribution in [2.75, 3.05) is 0 Å². The lowest BCUT2D eigenvalue weighted by atomic mass is 9.51. The number of nitrogens with zero attached hydrogens (tertiary/aromatic N) is 2. The fourth-order valence-corrected chi connectivity index (χ4v) is 6.07. The second-order valence-electron chi connectivity index (χ2n) is 7.93. The van der Waals surface area contributed by atoms with Gasteiger partial charge in [-0.3, -0.25) is 0 Å². The maximum atomic E-state index is 2.66. The van der Waals surface area contributed by atoms with Gasteiger partial charge in [-0.1, -0.05) is 55.4 Å². The first-order valence-electron chi connectivity index (χ1n) is 9.38. The third kappa shape index (κ3) is 4.00. The fraction of sp³-hybridized carbons (Fsp3) is 0.632. The van der Waals surface area contributed by atoms with E-state index in [-0.39, 0.29) is 0 Å². The van der Waals surface area contributed by atoms with E-state index in [9.17, 15) is 0 Å². The molecule has 0 radical (unpaired) electrons. The van der Waals surface area contributed by atoms with Gasteiger partial charge in [0, 0.05) is 0 Å². The van der Waals surface area contributed by atoms with E-state index in [1.54, 1.807) is 5.37 Å². The highest BCUT2D eigenvalue weighted by atomic mass is 32.2. The number of rotatable bonds is 6. The van der Waals surface area contributed by atoms with Crippen molar-refractivity contribution in [2.24, 2.45) is 0 Å². The summed E-state index contributed by atoms with van der Waals surface area (Å²) in [7, 11) is 0. The molecular formula is C19H33B2N2S-. The minimum atomic E-state index is 0.484. The minimum Gasteiger partial charge on any atom is -0.334 e. The molecule has 0 saturated carbocycles. The summed E-state index contributed by atoms with van der Waals surface area (Å²) >= 11 is 2.12. The quantitative estimate of drug-likeness (QED) is 0.512. The zero-order valence-corrected chi connectivity index (χ0v) is 17.5. The van der Waals surface area contributed by atoms with E-state index in [0.717, 1.165) is 0 Å². The van der Waals surface area contributed by atoms with Gasteiger partial charge >= 0.3 is 0 Å². The van der Waals surface area contributed by atoms with Crippen LogP contribution in [0.4, 0.5) is 0 Å². The zero-order valence-electron chi connectivity index (χ0n) is 16.7. The maximum Gasteiger partial charge on any atom is 0.253 e. The summed E-state index contributed by atoms with van der Waals surface area (Å²) in [6.07, 6.45) is 12.0. The van der Waals surface area contributed by atoms with Crippen LogP contribution in [0.3, 0.4) is 0 Å². The Bertz CT molecular complexity index is 479. The van der Waals surface area contributed by atoms with Crippen molar-refractivity contribution in [3.63, 3.8) is 0 Å². The lowest BCUT2D eigenvalue weighted by molar-refractivity contribution is 0.304. The molecule has 2 nitrogen and oxygen atoms in total. The van der Waals surface area contributed by atoms with Crippen LogP contribution in [0.2, 0.25) is 0 Å². The smallest absolute Gasteiger partial charge is 0.253 e. The third-order valence-corrected chi connectivity index (χ3v) is 6.33. The Labute approximate surface area is 154 Å². The van der Waals surface area contributed by atoms with E-state index in [4.69, 9.17) is 0 Å². The second-order valence-corrected chi connectivity index (χ2v) is 9.10. The van der Waals surface area contributed by atoms with Crippen molar-refractivity contribution in [2.45, 2.75) is 79.6 Å². The van der Waals surface area contributed by atoms with Crippen LogP contribution in [-0.2, 0) is 0 Å². The van der Waals surface area contributed by atoms with Gasteiger partial charge in [-0.25, -0.2) is 11.5 Å². The molecule has 24 heavy (non-hydrogen) atoms. The second kappa shape index (κ2) is 8.25. The molecule has 0 amide bonds. The number of allylic oxidation sites excluding steroid dienone is 5. The maximum absolute atomic E-state index is 2.66. The molecule has 1 heterocycles. The highest BCUT2D eigenvalue weighted by Crippen LogP contribution is 2.44. The molecule has 0 aromatic rings. The van der Waals surface area contributed by atoms with Crippen LogP contribution in [0, 0.1) is 6.42 Å². The summed E-state index contributed by atoms with van der Waals surface area (Å²) in [6.45, 7) is 18.5. The Kier molecular flexibility index (Phi) is 6.81. The van der Waals surface area contributed by atoms with Crippen molar-refractivity contribution in [3.8, 4) is 0 Å². The van der Waals surface area contributed by atoms with Gasteiger partial charge in [0.15, 0.2) is 0 Å². The average Bonchev–Trinajstić information content (AvgIpc) is 2.45. The van der Waals surface area contributed by atoms with Gasteiger partial charge in [0.2, 0.25) is 0 Å². The van der Waals surface area contributed by atoms with E-state index in [0.29, 0.717) is 36.4 Å². The van der Waals surface area contributed by atoms with Crippen molar-refractivity contribution in [1.82, 2.24) is 9.62 Å². The van der Waals surface area contributed by atoms with Gasteiger partial charge in [-0.05, 0) is 24.2 Å². The van der Waals surface area contributed by atoms with Gasteiger partial charge in [-0.2, -0.15) is 5.57 Å². The summed E-state index contributed by atoms with van der Waals surface area (Å²) < 4.78 is 0. The first-order chi connectivity index (χ1) is 11.3.